The Bertz CT molecular complexity index is 929. The summed E-state index contributed by atoms with van der Waals surface area (Å²) in [6, 6.07) is 31.7. The van der Waals surface area contributed by atoms with Crippen LogP contribution in [0.2, 0.25) is 0 Å². The first-order valence-electron chi connectivity index (χ1n) is 10.8. The number of nitrogens with one attached hydrogen (secondary N) is 1. The van der Waals surface area contributed by atoms with Gasteiger partial charge in [0.1, 0.15) is 5.60 Å². The lowest BCUT2D eigenvalue weighted by atomic mass is 9.84. The van der Waals surface area contributed by atoms with Crippen molar-refractivity contribution in [2.75, 3.05) is 6.54 Å². The van der Waals surface area contributed by atoms with Crippen LogP contribution < -0.4 is 5.32 Å². The maximum absolute atomic E-state index is 12.1. The zero-order valence-corrected chi connectivity index (χ0v) is 20.0. The van der Waals surface area contributed by atoms with E-state index in [0.29, 0.717) is 6.54 Å². The van der Waals surface area contributed by atoms with E-state index in [1.165, 1.54) is 16.7 Å². The zero-order valence-electron chi connectivity index (χ0n) is 19.2. The number of hydrogen-bond acceptors (Lipinski definition) is 3. The highest BCUT2D eigenvalue weighted by Crippen LogP contribution is 2.49. The summed E-state index contributed by atoms with van der Waals surface area (Å²) < 4.78 is 4.94. The van der Waals surface area contributed by atoms with Gasteiger partial charge >= 0.3 is 6.09 Å². The summed E-state index contributed by atoms with van der Waals surface area (Å²) in [4.78, 5) is 12.1. The Morgan fingerprint density at radius 3 is 1.59 bits per heavy atom. The van der Waals surface area contributed by atoms with Crippen LogP contribution in [0, 0.1) is 0 Å². The molecule has 3 rings (SSSR count). The van der Waals surface area contributed by atoms with Crippen molar-refractivity contribution < 1.29 is 9.53 Å². The largest absolute Gasteiger partial charge is 0.444 e. The van der Waals surface area contributed by atoms with E-state index in [2.05, 4.69) is 83.5 Å². The summed E-state index contributed by atoms with van der Waals surface area (Å²) in [6.45, 7) is 8.03. The Hall–Kier alpha value is -2.98. The van der Waals surface area contributed by atoms with Crippen LogP contribution in [0.15, 0.2) is 102 Å². The number of amides is 1. The predicted octanol–water partition coefficient (Wildman–Crippen LogP) is 7.14. The quantitative estimate of drug-likeness (QED) is 0.393. The van der Waals surface area contributed by atoms with Gasteiger partial charge in [-0.2, -0.15) is 0 Å². The lowest BCUT2D eigenvalue weighted by molar-refractivity contribution is 0.0532. The van der Waals surface area contributed by atoms with E-state index in [4.69, 9.17) is 4.74 Å². The average molecular weight is 446 g/mol. The van der Waals surface area contributed by atoms with Crippen LogP contribution in [0.1, 0.15) is 44.4 Å². The minimum Gasteiger partial charge on any atom is -0.444 e. The Labute approximate surface area is 195 Å². The van der Waals surface area contributed by atoms with Gasteiger partial charge in [0.2, 0.25) is 0 Å². The summed E-state index contributed by atoms with van der Waals surface area (Å²) in [5.41, 5.74) is 4.14. The van der Waals surface area contributed by atoms with Gasteiger partial charge in [-0.15, -0.1) is 11.8 Å². The van der Waals surface area contributed by atoms with Crippen molar-refractivity contribution in [3.63, 3.8) is 0 Å². The smallest absolute Gasteiger partial charge is 0.407 e. The molecule has 0 saturated carbocycles. The predicted molar refractivity (Wildman–Crippen MR) is 135 cm³/mol. The van der Waals surface area contributed by atoms with E-state index >= 15 is 0 Å². The van der Waals surface area contributed by atoms with Crippen molar-refractivity contribution >= 4 is 17.9 Å². The lowest BCUT2D eigenvalue weighted by Gasteiger charge is -2.34. The molecule has 0 aliphatic rings. The van der Waals surface area contributed by atoms with Gasteiger partial charge in [0.25, 0.3) is 0 Å². The standard InChI is InChI=1S/C28H31NO2S/c1-22(20-29-26(30)31-27(2,3)4)21-32-28(23-14-8-5-9-15-23,24-16-10-6-11-17-24)25-18-12-7-13-19-25/h5-19,21H,20H2,1-4H3,(H,29,30)/b22-21+. The van der Waals surface area contributed by atoms with Gasteiger partial charge in [0, 0.05) is 6.54 Å². The molecule has 3 aromatic carbocycles. The van der Waals surface area contributed by atoms with Crippen LogP contribution in [0.4, 0.5) is 4.79 Å². The topological polar surface area (TPSA) is 38.3 Å². The first kappa shape index (κ1) is 23.7. The van der Waals surface area contributed by atoms with Gasteiger partial charge in [0.05, 0.1) is 4.75 Å². The number of alkyl carbamates (subject to hydrolysis) is 1. The van der Waals surface area contributed by atoms with Crippen LogP contribution in [-0.2, 0) is 9.48 Å². The molecule has 1 amide bonds. The Balaban J connectivity index is 1.97. The van der Waals surface area contributed by atoms with Gasteiger partial charge in [0.15, 0.2) is 0 Å². The Kier molecular flexibility index (Phi) is 7.81. The SMILES string of the molecule is C/C(=C\SC(c1ccccc1)(c1ccccc1)c1ccccc1)CNC(=O)OC(C)(C)C. The average Bonchev–Trinajstić information content (AvgIpc) is 2.79. The van der Waals surface area contributed by atoms with Gasteiger partial charge < -0.3 is 10.1 Å². The van der Waals surface area contributed by atoms with Crippen LogP contribution in [0.25, 0.3) is 0 Å². The zero-order chi connectivity index (χ0) is 23.0. The number of hydrogen-bond donors (Lipinski definition) is 1. The molecular formula is C28H31NO2S. The highest BCUT2D eigenvalue weighted by molar-refractivity contribution is 8.03. The van der Waals surface area contributed by atoms with Crippen LogP contribution in [-0.4, -0.2) is 18.2 Å². The third-order valence-corrected chi connectivity index (χ3v) is 6.47. The normalized spacial score (nSPS) is 12.3. The third kappa shape index (κ3) is 6.04. The second-order valence-electron chi connectivity index (χ2n) is 8.72. The summed E-state index contributed by atoms with van der Waals surface area (Å²) >= 11 is 1.75. The van der Waals surface area contributed by atoms with Crippen LogP contribution >= 0.6 is 11.8 Å². The molecule has 0 saturated heterocycles. The molecule has 0 aliphatic carbocycles. The fourth-order valence-corrected chi connectivity index (χ4v) is 4.76. The number of carbonyl (C=O) groups is 1. The molecule has 0 heterocycles. The second kappa shape index (κ2) is 10.6. The Morgan fingerprint density at radius 1 is 0.812 bits per heavy atom. The fraction of sp³-hybridized carbons (Fsp3) is 0.250. The number of carbonyl (C=O) groups excluding carboxylic acids is 1. The van der Waals surface area contributed by atoms with Crippen molar-refractivity contribution in [3.05, 3.63) is 119 Å². The molecule has 3 nitrogen and oxygen atoms in total. The van der Waals surface area contributed by atoms with Crippen molar-refractivity contribution in [2.24, 2.45) is 0 Å². The number of rotatable bonds is 7. The van der Waals surface area contributed by atoms with Crippen LogP contribution in [0.5, 0.6) is 0 Å². The van der Waals surface area contributed by atoms with E-state index in [1.54, 1.807) is 11.8 Å². The molecule has 4 heteroatoms. The summed E-state index contributed by atoms with van der Waals surface area (Å²) in [6.07, 6.45) is -0.407. The summed E-state index contributed by atoms with van der Waals surface area (Å²) in [5.74, 6) is 0. The minimum absolute atomic E-state index is 0.407. The molecule has 0 bridgehead atoms. The lowest BCUT2D eigenvalue weighted by Crippen LogP contribution is -2.33. The first-order valence-corrected chi connectivity index (χ1v) is 11.7. The molecule has 0 fully saturated rings. The van der Waals surface area contributed by atoms with Gasteiger partial charge in [-0.3, -0.25) is 0 Å². The molecule has 0 aromatic heterocycles. The highest BCUT2D eigenvalue weighted by atomic mass is 32.2. The molecule has 0 unspecified atom stereocenters. The summed E-state index contributed by atoms with van der Waals surface area (Å²) in [5, 5.41) is 4.99. The van der Waals surface area contributed by atoms with E-state index < -0.39 is 16.4 Å². The maximum atomic E-state index is 12.1. The molecule has 166 valence electrons. The molecule has 32 heavy (non-hydrogen) atoms. The molecule has 0 radical (unpaired) electrons. The molecule has 0 spiro atoms. The number of benzene rings is 3. The van der Waals surface area contributed by atoms with E-state index in [-0.39, 0.29) is 0 Å². The molecule has 3 aromatic rings. The van der Waals surface area contributed by atoms with Crippen molar-refractivity contribution in [1.82, 2.24) is 5.32 Å². The van der Waals surface area contributed by atoms with Gasteiger partial charge in [-0.1, -0.05) is 91.0 Å². The number of thioether (sulfide) groups is 1. The van der Waals surface area contributed by atoms with Gasteiger partial charge in [-0.05, 0) is 55.4 Å². The minimum atomic E-state index is -0.514. The summed E-state index contributed by atoms with van der Waals surface area (Å²) in [7, 11) is 0. The fourth-order valence-electron chi connectivity index (χ4n) is 3.48. The van der Waals surface area contributed by atoms with Crippen molar-refractivity contribution in [1.29, 1.82) is 0 Å². The Morgan fingerprint density at radius 2 is 1.22 bits per heavy atom. The van der Waals surface area contributed by atoms with E-state index in [1.807, 2.05) is 45.9 Å². The van der Waals surface area contributed by atoms with E-state index in [0.717, 1.165) is 5.57 Å². The monoisotopic (exact) mass is 445 g/mol. The van der Waals surface area contributed by atoms with Crippen molar-refractivity contribution in [2.45, 2.75) is 38.0 Å². The van der Waals surface area contributed by atoms with E-state index in [9.17, 15) is 4.79 Å². The van der Waals surface area contributed by atoms with Crippen molar-refractivity contribution in [3.8, 4) is 0 Å². The van der Waals surface area contributed by atoms with Gasteiger partial charge in [-0.25, -0.2) is 4.79 Å². The van der Waals surface area contributed by atoms with Crippen LogP contribution in [0.3, 0.4) is 0 Å². The number of ether oxygens (including phenoxy) is 1. The third-order valence-electron chi connectivity index (χ3n) is 4.89. The first-order chi connectivity index (χ1) is 15.3. The molecule has 0 atom stereocenters. The molecular weight excluding hydrogens is 414 g/mol. The molecule has 0 aliphatic heterocycles. The highest BCUT2D eigenvalue weighted by Gasteiger charge is 2.36. The second-order valence-corrected chi connectivity index (χ2v) is 9.80. The molecule has 1 N–H and O–H groups in total. The maximum Gasteiger partial charge on any atom is 0.407 e.